The predicted octanol–water partition coefficient (Wildman–Crippen LogP) is 0.388. The fourth-order valence-corrected chi connectivity index (χ4v) is 1.19. The SMILES string of the molecule is COc1cc(C(=O)NC[C@@H](C)O)ccc1N. The molecule has 0 radical (unpaired) electrons. The minimum absolute atomic E-state index is 0.214. The van der Waals surface area contributed by atoms with Crippen LogP contribution >= 0.6 is 0 Å². The normalized spacial score (nSPS) is 11.9. The van der Waals surface area contributed by atoms with Gasteiger partial charge in [-0.1, -0.05) is 0 Å². The maximum Gasteiger partial charge on any atom is 0.251 e. The number of benzene rings is 1. The summed E-state index contributed by atoms with van der Waals surface area (Å²) in [7, 11) is 1.49. The van der Waals surface area contributed by atoms with Crippen molar-refractivity contribution in [2.24, 2.45) is 0 Å². The fraction of sp³-hybridized carbons (Fsp3) is 0.364. The molecule has 0 heterocycles. The number of nitrogen functional groups attached to an aromatic ring is 1. The van der Waals surface area contributed by atoms with Gasteiger partial charge in [0.2, 0.25) is 0 Å². The second-order valence-electron chi connectivity index (χ2n) is 3.52. The Hall–Kier alpha value is -1.75. The topological polar surface area (TPSA) is 84.6 Å². The summed E-state index contributed by atoms with van der Waals surface area (Å²) in [5, 5.41) is 11.6. The van der Waals surface area contributed by atoms with Gasteiger partial charge in [-0.3, -0.25) is 4.79 Å². The third kappa shape index (κ3) is 3.13. The molecule has 0 saturated carbocycles. The van der Waals surface area contributed by atoms with Crippen molar-refractivity contribution in [2.75, 3.05) is 19.4 Å². The summed E-state index contributed by atoms with van der Waals surface area (Å²) in [5.74, 6) is 0.198. The summed E-state index contributed by atoms with van der Waals surface area (Å²) >= 11 is 0. The van der Waals surface area contributed by atoms with Crippen molar-refractivity contribution in [3.63, 3.8) is 0 Å². The number of ether oxygens (including phenoxy) is 1. The van der Waals surface area contributed by atoms with E-state index in [0.29, 0.717) is 17.0 Å². The lowest BCUT2D eigenvalue weighted by Crippen LogP contribution is -2.30. The molecule has 0 saturated heterocycles. The molecule has 1 amide bonds. The molecule has 0 aliphatic heterocycles. The highest BCUT2D eigenvalue weighted by molar-refractivity contribution is 5.95. The van der Waals surface area contributed by atoms with Crippen molar-refractivity contribution in [3.05, 3.63) is 23.8 Å². The Labute approximate surface area is 94.2 Å². The summed E-state index contributed by atoms with van der Waals surface area (Å²) in [4.78, 5) is 11.6. The van der Waals surface area contributed by atoms with Gasteiger partial charge in [0.25, 0.3) is 5.91 Å². The van der Waals surface area contributed by atoms with Gasteiger partial charge in [0.1, 0.15) is 5.75 Å². The Morgan fingerprint density at radius 3 is 2.88 bits per heavy atom. The highest BCUT2D eigenvalue weighted by atomic mass is 16.5. The lowest BCUT2D eigenvalue weighted by Gasteiger charge is -2.09. The quantitative estimate of drug-likeness (QED) is 0.646. The highest BCUT2D eigenvalue weighted by Crippen LogP contribution is 2.21. The van der Waals surface area contributed by atoms with Gasteiger partial charge in [0.15, 0.2) is 0 Å². The number of aliphatic hydroxyl groups excluding tert-OH is 1. The largest absolute Gasteiger partial charge is 0.495 e. The third-order valence-corrected chi connectivity index (χ3v) is 2.05. The Bertz CT molecular complexity index is 377. The molecule has 0 spiro atoms. The summed E-state index contributed by atoms with van der Waals surface area (Å²) < 4.78 is 5.01. The third-order valence-electron chi connectivity index (χ3n) is 2.05. The van der Waals surface area contributed by atoms with E-state index in [9.17, 15) is 4.79 Å². The number of carbonyl (C=O) groups excluding carboxylic acids is 1. The van der Waals surface area contributed by atoms with Crippen LogP contribution in [0.4, 0.5) is 5.69 Å². The van der Waals surface area contributed by atoms with Crippen LogP contribution < -0.4 is 15.8 Å². The molecule has 1 atom stereocenters. The van der Waals surface area contributed by atoms with E-state index < -0.39 is 6.10 Å². The van der Waals surface area contributed by atoms with Crippen molar-refractivity contribution in [1.29, 1.82) is 0 Å². The first-order chi connectivity index (χ1) is 7.54. The Kier molecular flexibility index (Phi) is 4.13. The number of anilines is 1. The molecule has 16 heavy (non-hydrogen) atoms. The van der Waals surface area contributed by atoms with Crippen molar-refractivity contribution >= 4 is 11.6 Å². The second-order valence-corrected chi connectivity index (χ2v) is 3.52. The van der Waals surface area contributed by atoms with Crippen LogP contribution in [0.25, 0.3) is 0 Å². The minimum atomic E-state index is -0.570. The lowest BCUT2D eigenvalue weighted by atomic mass is 10.1. The second kappa shape index (κ2) is 5.37. The average molecular weight is 224 g/mol. The zero-order chi connectivity index (χ0) is 12.1. The first-order valence-electron chi connectivity index (χ1n) is 4.94. The monoisotopic (exact) mass is 224 g/mol. The van der Waals surface area contributed by atoms with E-state index >= 15 is 0 Å². The van der Waals surface area contributed by atoms with Crippen LogP contribution in [0.2, 0.25) is 0 Å². The first-order valence-corrected chi connectivity index (χ1v) is 4.94. The number of rotatable bonds is 4. The number of methoxy groups -OCH3 is 1. The van der Waals surface area contributed by atoms with E-state index in [4.69, 9.17) is 15.6 Å². The van der Waals surface area contributed by atoms with E-state index in [2.05, 4.69) is 5.32 Å². The molecule has 0 aliphatic rings. The molecule has 0 unspecified atom stereocenters. The number of hydrogen-bond acceptors (Lipinski definition) is 4. The van der Waals surface area contributed by atoms with E-state index in [0.717, 1.165) is 0 Å². The molecule has 5 nitrogen and oxygen atoms in total. The van der Waals surface area contributed by atoms with Crippen LogP contribution in [0.1, 0.15) is 17.3 Å². The smallest absolute Gasteiger partial charge is 0.251 e. The molecular weight excluding hydrogens is 208 g/mol. The maximum atomic E-state index is 11.6. The van der Waals surface area contributed by atoms with Gasteiger partial charge in [-0.2, -0.15) is 0 Å². The summed E-state index contributed by atoms with van der Waals surface area (Å²) in [6, 6.07) is 4.78. The van der Waals surface area contributed by atoms with Crippen LogP contribution in [0, 0.1) is 0 Å². The summed E-state index contributed by atoms with van der Waals surface area (Å²) in [6.45, 7) is 1.81. The number of hydrogen-bond donors (Lipinski definition) is 3. The first kappa shape index (κ1) is 12.3. The van der Waals surface area contributed by atoms with Gasteiger partial charge in [0, 0.05) is 12.1 Å². The van der Waals surface area contributed by atoms with Crippen molar-refractivity contribution in [2.45, 2.75) is 13.0 Å². The fourth-order valence-electron chi connectivity index (χ4n) is 1.19. The number of nitrogens with one attached hydrogen (secondary N) is 1. The molecule has 88 valence electrons. The molecule has 0 aromatic heterocycles. The molecule has 0 bridgehead atoms. The van der Waals surface area contributed by atoms with Gasteiger partial charge in [-0.05, 0) is 25.1 Å². The van der Waals surface area contributed by atoms with Gasteiger partial charge in [-0.25, -0.2) is 0 Å². The molecule has 4 N–H and O–H groups in total. The van der Waals surface area contributed by atoms with E-state index in [1.54, 1.807) is 25.1 Å². The number of amides is 1. The van der Waals surface area contributed by atoms with Crippen LogP contribution in [-0.2, 0) is 0 Å². The van der Waals surface area contributed by atoms with Crippen molar-refractivity contribution < 1.29 is 14.6 Å². The molecule has 0 fully saturated rings. The molecule has 1 aromatic rings. The summed E-state index contributed by atoms with van der Waals surface area (Å²) in [5.41, 5.74) is 6.56. The lowest BCUT2D eigenvalue weighted by molar-refractivity contribution is 0.0923. The van der Waals surface area contributed by atoms with Gasteiger partial charge in [-0.15, -0.1) is 0 Å². The van der Waals surface area contributed by atoms with Crippen LogP contribution in [-0.4, -0.2) is 30.8 Å². The minimum Gasteiger partial charge on any atom is -0.495 e. The van der Waals surface area contributed by atoms with Crippen LogP contribution in [0.15, 0.2) is 18.2 Å². The average Bonchev–Trinajstić information content (AvgIpc) is 2.26. The van der Waals surface area contributed by atoms with E-state index in [1.165, 1.54) is 7.11 Å². The van der Waals surface area contributed by atoms with Crippen LogP contribution in [0.5, 0.6) is 5.75 Å². The number of nitrogens with two attached hydrogens (primary N) is 1. The molecular formula is C11H16N2O3. The molecule has 0 aliphatic carbocycles. The zero-order valence-electron chi connectivity index (χ0n) is 9.36. The number of carbonyl (C=O) groups is 1. The van der Waals surface area contributed by atoms with Gasteiger partial charge < -0.3 is 20.9 Å². The van der Waals surface area contributed by atoms with Crippen LogP contribution in [0.3, 0.4) is 0 Å². The zero-order valence-corrected chi connectivity index (χ0v) is 9.36. The Morgan fingerprint density at radius 1 is 1.62 bits per heavy atom. The standard InChI is InChI=1S/C11H16N2O3/c1-7(14)6-13-11(15)8-3-4-9(12)10(5-8)16-2/h3-5,7,14H,6,12H2,1-2H3,(H,13,15)/t7-/m1/s1. The van der Waals surface area contributed by atoms with Crippen molar-refractivity contribution in [3.8, 4) is 5.75 Å². The Balaban J connectivity index is 2.76. The van der Waals surface area contributed by atoms with Crippen molar-refractivity contribution in [1.82, 2.24) is 5.32 Å². The predicted molar refractivity (Wildman–Crippen MR) is 61.4 cm³/mol. The maximum absolute atomic E-state index is 11.6. The van der Waals surface area contributed by atoms with E-state index in [1.807, 2.05) is 0 Å². The number of aliphatic hydroxyl groups is 1. The van der Waals surface area contributed by atoms with E-state index in [-0.39, 0.29) is 12.5 Å². The van der Waals surface area contributed by atoms with Gasteiger partial charge >= 0.3 is 0 Å². The highest BCUT2D eigenvalue weighted by Gasteiger charge is 2.09. The molecule has 5 heteroatoms. The molecule has 1 aromatic carbocycles. The Morgan fingerprint density at radius 2 is 2.31 bits per heavy atom. The molecule has 1 rings (SSSR count). The van der Waals surface area contributed by atoms with Gasteiger partial charge in [0.05, 0.1) is 18.9 Å². The summed E-state index contributed by atoms with van der Waals surface area (Å²) in [6.07, 6.45) is -0.570.